The number of carbonyl (C=O) groups excluding carboxylic acids is 1. The van der Waals surface area contributed by atoms with E-state index in [9.17, 15) is 15.0 Å². The highest BCUT2D eigenvalue weighted by atomic mass is 16.3. The molecule has 0 unspecified atom stereocenters. The standard InChI is InChI=1S/C33H34N2O3/c36-31-29(21-25-13-5-1-6-14-25)34(23-27-17-9-3-10-18-27)33(38)35(24-28-19-11-4-12-20-28)30(32(31)37)22-26-15-7-2-8-16-26/h1-20,29-32,36-37H,21-24H2/t29-,30-,31-,32+/m1/s1. The van der Waals surface area contributed by atoms with Crippen molar-refractivity contribution in [1.29, 1.82) is 0 Å². The molecule has 1 aliphatic heterocycles. The largest absolute Gasteiger partial charge is 0.388 e. The van der Waals surface area contributed by atoms with E-state index in [1.807, 2.05) is 121 Å². The van der Waals surface area contributed by atoms with Crippen LogP contribution in [0, 0.1) is 0 Å². The maximum atomic E-state index is 14.5. The first-order chi connectivity index (χ1) is 18.6. The lowest BCUT2D eigenvalue weighted by molar-refractivity contribution is -0.0408. The van der Waals surface area contributed by atoms with Crippen molar-refractivity contribution in [2.24, 2.45) is 0 Å². The van der Waals surface area contributed by atoms with Crippen LogP contribution in [0.25, 0.3) is 0 Å². The van der Waals surface area contributed by atoms with E-state index in [1.165, 1.54) is 0 Å². The molecule has 0 saturated carbocycles. The van der Waals surface area contributed by atoms with Crippen molar-refractivity contribution in [2.45, 2.75) is 50.2 Å². The normalized spacial score (nSPS) is 21.8. The molecule has 1 fully saturated rings. The van der Waals surface area contributed by atoms with Crippen molar-refractivity contribution in [3.63, 3.8) is 0 Å². The fourth-order valence-electron chi connectivity index (χ4n) is 5.38. The number of aliphatic hydroxyl groups is 2. The average Bonchev–Trinajstić information content (AvgIpc) is 3.03. The molecule has 5 heteroatoms. The van der Waals surface area contributed by atoms with Crippen molar-refractivity contribution in [2.75, 3.05) is 0 Å². The Hall–Kier alpha value is -3.93. The molecule has 0 radical (unpaired) electrons. The molecular weight excluding hydrogens is 472 g/mol. The van der Waals surface area contributed by atoms with Gasteiger partial charge in [0.25, 0.3) is 0 Å². The number of carbonyl (C=O) groups is 1. The van der Waals surface area contributed by atoms with E-state index in [-0.39, 0.29) is 6.03 Å². The number of rotatable bonds is 8. The Labute approximate surface area is 224 Å². The molecule has 0 bridgehead atoms. The summed E-state index contributed by atoms with van der Waals surface area (Å²) in [5.74, 6) is 0. The van der Waals surface area contributed by atoms with Crippen LogP contribution >= 0.6 is 0 Å². The zero-order valence-electron chi connectivity index (χ0n) is 21.4. The van der Waals surface area contributed by atoms with Crippen LogP contribution in [0.5, 0.6) is 0 Å². The first-order valence-corrected chi connectivity index (χ1v) is 13.2. The van der Waals surface area contributed by atoms with Gasteiger partial charge in [-0.1, -0.05) is 121 Å². The predicted molar refractivity (Wildman–Crippen MR) is 149 cm³/mol. The SMILES string of the molecule is O=C1N(Cc2ccccc2)[C@H](Cc2ccccc2)[C@H](O)[C@H](O)[C@@H](Cc2ccccc2)N1Cc1ccccc1. The highest BCUT2D eigenvalue weighted by Gasteiger charge is 2.46. The third-order valence-electron chi connectivity index (χ3n) is 7.40. The van der Waals surface area contributed by atoms with Gasteiger partial charge >= 0.3 is 6.03 Å². The van der Waals surface area contributed by atoms with Gasteiger partial charge in [-0.15, -0.1) is 0 Å². The molecule has 2 N–H and O–H groups in total. The quantitative estimate of drug-likeness (QED) is 0.351. The highest BCUT2D eigenvalue weighted by Crippen LogP contribution is 2.30. The summed E-state index contributed by atoms with van der Waals surface area (Å²) >= 11 is 0. The van der Waals surface area contributed by atoms with Gasteiger partial charge in [0, 0.05) is 13.1 Å². The fraction of sp³-hybridized carbons (Fsp3) is 0.242. The molecule has 38 heavy (non-hydrogen) atoms. The zero-order chi connectivity index (χ0) is 26.3. The van der Waals surface area contributed by atoms with Crippen molar-refractivity contribution < 1.29 is 15.0 Å². The molecule has 1 heterocycles. The molecule has 0 spiro atoms. The summed E-state index contributed by atoms with van der Waals surface area (Å²) < 4.78 is 0. The smallest absolute Gasteiger partial charge is 0.321 e. The number of benzene rings is 4. The Bertz CT molecular complexity index is 1180. The maximum Gasteiger partial charge on any atom is 0.321 e. The summed E-state index contributed by atoms with van der Waals surface area (Å²) in [5.41, 5.74) is 3.96. The van der Waals surface area contributed by atoms with E-state index in [4.69, 9.17) is 0 Å². The van der Waals surface area contributed by atoms with Crippen LogP contribution in [0.15, 0.2) is 121 Å². The molecule has 5 rings (SSSR count). The topological polar surface area (TPSA) is 64.0 Å². The molecule has 1 saturated heterocycles. The lowest BCUT2D eigenvalue weighted by atomic mass is 9.91. The minimum Gasteiger partial charge on any atom is -0.388 e. The van der Waals surface area contributed by atoms with Crippen LogP contribution in [0.3, 0.4) is 0 Å². The van der Waals surface area contributed by atoms with Gasteiger partial charge in [-0.2, -0.15) is 0 Å². The van der Waals surface area contributed by atoms with Crippen LogP contribution < -0.4 is 0 Å². The molecule has 0 aromatic heterocycles. The van der Waals surface area contributed by atoms with Gasteiger partial charge in [0.15, 0.2) is 0 Å². The molecule has 1 aliphatic rings. The van der Waals surface area contributed by atoms with Gasteiger partial charge in [0.1, 0.15) is 12.2 Å². The Kier molecular flexibility index (Phi) is 8.17. The Morgan fingerprint density at radius 2 is 0.763 bits per heavy atom. The number of amides is 2. The van der Waals surface area contributed by atoms with Crippen molar-refractivity contribution in [3.8, 4) is 0 Å². The van der Waals surface area contributed by atoms with E-state index >= 15 is 0 Å². The summed E-state index contributed by atoms with van der Waals surface area (Å²) in [5, 5.41) is 23.4. The van der Waals surface area contributed by atoms with E-state index < -0.39 is 24.3 Å². The van der Waals surface area contributed by atoms with Gasteiger partial charge in [0.05, 0.1) is 12.1 Å². The molecule has 0 aliphatic carbocycles. The monoisotopic (exact) mass is 506 g/mol. The molecular formula is C33H34N2O3. The predicted octanol–water partition coefficient (Wildman–Crippen LogP) is 5.07. The summed E-state index contributed by atoms with van der Waals surface area (Å²) in [6.45, 7) is 0.675. The minimum atomic E-state index is -1.13. The second-order valence-corrected chi connectivity index (χ2v) is 10.0. The first-order valence-electron chi connectivity index (χ1n) is 13.2. The van der Waals surface area contributed by atoms with Crippen molar-refractivity contribution >= 4 is 6.03 Å². The molecule has 4 atom stereocenters. The molecule has 4 aromatic carbocycles. The summed E-state index contributed by atoms with van der Waals surface area (Å²) in [7, 11) is 0. The van der Waals surface area contributed by atoms with Crippen molar-refractivity contribution in [3.05, 3.63) is 144 Å². The Morgan fingerprint density at radius 1 is 0.474 bits per heavy atom. The Balaban J connectivity index is 1.57. The van der Waals surface area contributed by atoms with E-state index in [0.717, 1.165) is 22.3 Å². The van der Waals surface area contributed by atoms with Crippen LogP contribution in [0.4, 0.5) is 4.79 Å². The highest BCUT2D eigenvalue weighted by molar-refractivity contribution is 5.76. The molecule has 5 nitrogen and oxygen atoms in total. The second-order valence-electron chi connectivity index (χ2n) is 10.0. The first kappa shape index (κ1) is 25.7. The lowest BCUT2D eigenvalue weighted by Gasteiger charge is -2.35. The Morgan fingerprint density at radius 3 is 1.08 bits per heavy atom. The average molecular weight is 507 g/mol. The number of urea groups is 1. The van der Waals surface area contributed by atoms with Crippen LogP contribution in [-0.2, 0) is 25.9 Å². The molecule has 194 valence electrons. The lowest BCUT2D eigenvalue weighted by Crippen LogP contribution is -2.50. The van der Waals surface area contributed by atoms with Gasteiger partial charge in [0.2, 0.25) is 0 Å². The number of hydrogen-bond acceptors (Lipinski definition) is 3. The number of nitrogens with zero attached hydrogens (tertiary/aromatic N) is 2. The molecule has 4 aromatic rings. The van der Waals surface area contributed by atoms with Gasteiger partial charge in [-0.25, -0.2) is 4.79 Å². The third kappa shape index (κ3) is 5.96. The minimum absolute atomic E-state index is 0.185. The van der Waals surface area contributed by atoms with E-state index in [2.05, 4.69) is 0 Å². The van der Waals surface area contributed by atoms with Crippen molar-refractivity contribution in [1.82, 2.24) is 9.80 Å². The zero-order valence-corrected chi connectivity index (χ0v) is 21.4. The number of aliphatic hydroxyl groups excluding tert-OH is 2. The van der Waals surface area contributed by atoms with E-state index in [1.54, 1.807) is 9.80 Å². The fourth-order valence-corrected chi connectivity index (χ4v) is 5.38. The van der Waals surface area contributed by atoms with Gasteiger partial charge in [-0.3, -0.25) is 0 Å². The van der Waals surface area contributed by atoms with Crippen LogP contribution in [0.2, 0.25) is 0 Å². The van der Waals surface area contributed by atoms with Gasteiger partial charge in [-0.05, 0) is 35.1 Å². The van der Waals surface area contributed by atoms with Crippen LogP contribution in [0.1, 0.15) is 22.3 Å². The maximum absolute atomic E-state index is 14.5. The summed E-state index contributed by atoms with van der Waals surface area (Å²) in [4.78, 5) is 18.0. The van der Waals surface area contributed by atoms with E-state index in [0.29, 0.717) is 25.9 Å². The summed E-state index contributed by atoms with van der Waals surface area (Å²) in [6.07, 6.45) is -1.38. The van der Waals surface area contributed by atoms with Gasteiger partial charge < -0.3 is 20.0 Å². The third-order valence-corrected chi connectivity index (χ3v) is 7.40. The molecule has 2 amide bonds. The second kappa shape index (κ2) is 12.1. The summed E-state index contributed by atoms with van der Waals surface area (Å²) in [6, 6.07) is 38.0. The number of hydrogen-bond donors (Lipinski definition) is 2. The van der Waals surface area contributed by atoms with Crippen LogP contribution in [-0.4, -0.2) is 50.3 Å².